The number of aromatic nitrogens is 2. The van der Waals surface area contributed by atoms with E-state index in [1.165, 1.54) is 0 Å². The van der Waals surface area contributed by atoms with Crippen molar-refractivity contribution in [3.05, 3.63) is 33.9 Å². The minimum Gasteiger partial charge on any atom is -0.493 e. The maximum atomic E-state index is 12.5. The van der Waals surface area contributed by atoms with E-state index in [-0.39, 0.29) is 11.9 Å². The molecule has 6 nitrogen and oxygen atoms in total. The number of aryl methyl sites for hydroxylation is 1. The number of nitrogen functional groups attached to an aromatic ring is 1. The zero-order valence-corrected chi connectivity index (χ0v) is 16.3. The molecule has 0 spiro atoms. The average molecular weight is 407 g/mol. The van der Waals surface area contributed by atoms with Crippen LogP contribution in [0, 0.1) is 6.92 Å². The second-order valence-electron chi connectivity index (χ2n) is 5.59. The molecule has 0 radical (unpaired) electrons. The van der Waals surface area contributed by atoms with Gasteiger partial charge in [0.15, 0.2) is 0 Å². The maximum Gasteiger partial charge on any atom is 0.255 e. The number of nitrogens with two attached hydrogens (primary N) is 1. The summed E-state index contributed by atoms with van der Waals surface area (Å²) in [7, 11) is 0. The summed E-state index contributed by atoms with van der Waals surface area (Å²) in [6.07, 6.45) is 1.99. The van der Waals surface area contributed by atoms with Gasteiger partial charge in [0, 0.05) is 16.6 Å². The molecule has 7 heteroatoms. The quantitative estimate of drug-likeness (QED) is 0.683. The third-order valence-electron chi connectivity index (χ3n) is 3.62. The largest absolute Gasteiger partial charge is 0.493 e. The smallest absolute Gasteiger partial charge is 0.255 e. The van der Waals surface area contributed by atoms with E-state index in [4.69, 9.17) is 10.5 Å². The van der Waals surface area contributed by atoms with Crippen LogP contribution in [0.1, 0.15) is 42.7 Å². The van der Waals surface area contributed by atoms with Crippen LogP contribution in [-0.2, 0) is 0 Å². The van der Waals surface area contributed by atoms with Gasteiger partial charge in [-0.05, 0) is 38.5 Å². The SMILES string of the molecule is CCCCOc1ccc(Br)cc1-c1nc(N)nc(C)c1C(=O)NCC. The molecule has 1 aromatic carbocycles. The molecular weight excluding hydrogens is 384 g/mol. The van der Waals surface area contributed by atoms with E-state index in [1.54, 1.807) is 6.92 Å². The summed E-state index contributed by atoms with van der Waals surface area (Å²) in [5, 5.41) is 2.81. The lowest BCUT2D eigenvalue weighted by molar-refractivity contribution is 0.0955. The molecule has 2 rings (SSSR count). The Balaban J connectivity index is 2.60. The fraction of sp³-hybridized carbons (Fsp3) is 0.389. The highest BCUT2D eigenvalue weighted by Crippen LogP contribution is 2.35. The van der Waals surface area contributed by atoms with E-state index in [2.05, 4.69) is 38.1 Å². The molecule has 3 N–H and O–H groups in total. The van der Waals surface area contributed by atoms with Crippen LogP contribution in [0.5, 0.6) is 5.75 Å². The second-order valence-corrected chi connectivity index (χ2v) is 6.51. The van der Waals surface area contributed by atoms with Gasteiger partial charge in [0.05, 0.1) is 23.6 Å². The van der Waals surface area contributed by atoms with Crippen molar-refractivity contribution in [2.24, 2.45) is 0 Å². The lowest BCUT2D eigenvalue weighted by Gasteiger charge is -2.16. The van der Waals surface area contributed by atoms with Gasteiger partial charge in [-0.1, -0.05) is 29.3 Å². The zero-order valence-electron chi connectivity index (χ0n) is 14.7. The number of carbonyl (C=O) groups is 1. The number of hydrogen-bond donors (Lipinski definition) is 2. The molecule has 0 aliphatic carbocycles. The lowest BCUT2D eigenvalue weighted by Crippen LogP contribution is -2.25. The molecular formula is C18H23BrN4O2. The first kappa shape index (κ1) is 19.2. The topological polar surface area (TPSA) is 90.1 Å². The molecule has 1 amide bonds. The van der Waals surface area contributed by atoms with Gasteiger partial charge in [0.1, 0.15) is 5.75 Å². The van der Waals surface area contributed by atoms with E-state index in [9.17, 15) is 4.79 Å². The standard InChI is InChI=1S/C18H23BrN4O2/c1-4-6-9-25-14-8-7-12(19)10-13(14)16-15(17(24)21-5-2)11(3)22-18(20)23-16/h7-8,10H,4-6,9H2,1-3H3,(H,21,24)(H2,20,22,23). The number of anilines is 1. The van der Waals surface area contributed by atoms with Crippen LogP contribution in [0.15, 0.2) is 22.7 Å². The Kier molecular flexibility index (Phi) is 6.75. The molecule has 0 fully saturated rings. The van der Waals surface area contributed by atoms with Crippen LogP contribution in [0.4, 0.5) is 5.95 Å². The van der Waals surface area contributed by atoms with Crippen molar-refractivity contribution < 1.29 is 9.53 Å². The number of rotatable bonds is 7. The molecule has 1 heterocycles. The van der Waals surface area contributed by atoms with E-state index in [0.29, 0.717) is 41.4 Å². The van der Waals surface area contributed by atoms with Crippen LogP contribution in [0.3, 0.4) is 0 Å². The zero-order chi connectivity index (χ0) is 18.4. The van der Waals surface area contributed by atoms with Gasteiger partial charge in [-0.25, -0.2) is 9.97 Å². The number of halogens is 1. The summed E-state index contributed by atoms with van der Waals surface area (Å²) in [6, 6.07) is 5.64. The molecule has 0 saturated heterocycles. The predicted molar refractivity (Wildman–Crippen MR) is 103 cm³/mol. The highest BCUT2D eigenvalue weighted by Gasteiger charge is 2.21. The van der Waals surface area contributed by atoms with Gasteiger partial charge in [-0.2, -0.15) is 0 Å². The van der Waals surface area contributed by atoms with Crippen molar-refractivity contribution in [2.75, 3.05) is 18.9 Å². The van der Waals surface area contributed by atoms with Crippen molar-refractivity contribution in [3.8, 4) is 17.0 Å². The van der Waals surface area contributed by atoms with Crippen LogP contribution < -0.4 is 15.8 Å². The number of unbranched alkanes of at least 4 members (excludes halogenated alkanes) is 1. The summed E-state index contributed by atoms with van der Waals surface area (Å²) in [5.41, 5.74) is 7.98. The fourth-order valence-corrected chi connectivity index (χ4v) is 2.81. The Morgan fingerprint density at radius 1 is 1.32 bits per heavy atom. The Labute approximate surface area is 156 Å². The highest BCUT2D eigenvalue weighted by atomic mass is 79.9. The summed E-state index contributed by atoms with van der Waals surface area (Å²) in [4.78, 5) is 21.0. The minimum atomic E-state index is -0.227. The number of nitrogens with zero attached hydrogens (tertiary/aromatic N) is 2. The number of carbonyl (C=O) groups excluding carboxylic acids is 1. The number of amides is 1. The number of benzene rings is 1. The number of hydrogen-bond acceptors (Lipinski definition) is 5. The molecule has 0 unspecified atom stereocenters. The summed E-state index contributed by atoms with van der Waals surface area (Å²) >= 11 is 3.47. The monoisotopic (exact) mass is 406 g/mol. The van der Waals surface area contributed by atoms with Crippen molar-refractivity contribution in [1.29, 1.82) is 0 Å². The van der Waals surface area contributed by atoms with Crippen LogP contribution in [-0.4, -0.2) is 29.0 Å². The van der Waals surface area contributed by atoms with Crippen LogP contribution in [0.25, 0.3) is 11.3 Å². The van der Waals surface area contributed by atoms with Crippen molar-refractivity contribution in [2.45, 2.75) is 33.6 Å². The Morgan fingerprint density at radius 3 is 2.76 bits per heavy atom. The fourth-order valence-electron chi connectivity index (χ4n) is 2.45. The minimum absolute atomic E-state index is 0.125. The van der Waals surface area contributed by atoms with Gasteiger partial charge < -0.3 is 15.8 Å². The average Bonchev–Trinajstić information content (AvgIpc) is 2.55. The van der Waals surface area contributed by atoms with E-state index in [1.807, 2.05) is 25.1 Å². The van der Waals surface area contributed by atoms with E-state index >= 15 is 0 Å². The highest BCUT2D eigenvalue weighted by molar-refractivity contribution is 9.10. The molecule has 25 heavy (non-hydrogen) atoms. The first-order chi connectivity index (χ1) is 12.0. The third-order valence-corrected chi connectivity index (χ3v) is 4.12. The summed E-state index contributed by atoms with van der Waals surface area (Å²) in [5.74, 6) is 0.564. The molecule has 0 aliphatic heterocycles. The van der Waals surface area contributed by atoms with Crippen LogP contribution >= 0.6 is 15.9 Å². The lowest BCUT2D eigenvalue weighted by atomic mass is 10.0. The molecule has 2 aromatic rings. The van der Waals surface area contributed by atoms with Crippen molar-refractivity contribution in [3.63, 3.8) is 0 Å². The summed E-state index contributed by atoms with van der Waals surface area (Å²) < 4.78 is 6.77. The molecule has 0 atom stereocenters. The molecule has 0 saturated carbocycles. The first-order valence-corrected chi connectivity index (χ1v) is 9.12. The third kappa shape index (κ3) is 4.69. The predicted octanol–water partition coefficient (Wildman–Crippen LogP) is 3.73. The Bertz CT molecular complexity index is 765. The number of nitrogens with one attached hydrogen (secondary N) is 1. The van der Waals surface area contributed by atoms with E-state index in [0.717, 1.165) is 17.3 Å². The number of ether oxygens (including phenoxy) is 1. The molecule has 0 aliphatic rings. The van der Waals surface area contributed by atoms with Gasteiger partial charge in [-0.15, -0.1) is 0 Å². The van der Waals surface area contributed by atoms with Crippen molar-refractivity contribution >= 4 is 27.8 Å². The normalized spacial score (nSPS) is 10.6. The maximum absolute atomic E-state index is 12.5. The van der Waals surface area contributed by atoms with Gasteiger partial charge in [0.2, 0.25) is 5.95 Å². The van der Waals surface area contributed by atoms with Gasteiger partial charge in [0.25, 0.3) is 5.91 Å². The first-order valence-electron chi connectivity index (χ1n) is 8.32. The van der Waals surface area contributed by atoms with Gasteiger partial charge >= 0.3 is 0 Å². The molecule has 0 bridgehead atoms. The van der Waals surface area contributed by atoms with Gasteiger partial charge in [-0.3, -0.25) is 4.79 Å². The van der Waals surface area contributed by atoms with Crippen LogP contribution in [0.2, 0.25) is 0 Å². The van der Waals surface area contributed by atoms with E-state index < -0.39 is 0 Å². The Morgan fingerprint density at radius 2 is 2.08 bits per heavy atom. The Hall–Kier alpha value is -2.15. The second kappa shape index (κ2) is 8.80. The summed E-state index contributed by atoms with van der Waals surface area (Å²) in [6.45, 7) is 6.83. The van der Waals surface area contributed by atoms with Crippen molar-refractivity contribution in [1.82, 2.24) is 15.3 Å². The molecule has 1 aromatic heterocycles. The molecule has 134 valence electrons.